The lowest BCUT2D eigenvalue weighted by atomic mass is 10.4. The highest BCUT2D eigenvalue weighted by Gasteiger charge is 2.16. The third-order valence-corrected chi connectivity index (χ3v) is 2.14. The van der Waals surface area contributed by atoms with Crippen molar-refractivity contribution in [3.8, 4) is 5.75 Å². The lowest BCUT2D eigenvalue weighted by Gasteiger charge is -2.10. The maximum atomic E-state index is 11.0. The molecule has 0 aliphatic carbocycles. The number of halogens is 1. The molecule has 1 aromatic rings. The highest BCUT2D eigenvalue weighted by molar-refractivity contribution is 9.10. The number of aromatic nitrogens is 1. The van der Waals surface area contributed by atoms with Crippen molar-refractivity contribution in [3.63, 3.8) is 0 Å². The van der Waals surface area contributed by atoms with Crippen molar-refractivity contribution in [1.29, 1.82) is 0 Å². The average Bonchev–Trinajstić information content (AvgIpc) is 2.28. The Morgan fingerprint density at radius 2 is 2.38 bits per heavy atom. The minimum Gasteiger partial charge on any atom is -0.489 e. The number of aliphatic hydroxyl groups is 1. The van der Waals surface area contributed by atoms with E-state index in [0.717, 1.165) is 0 Å². The monoisotopic (exact) mass is 289 g/mol. The Balaban J connectivity index is 2.39. The molecule has 0 aromatic carbocycles. The largest absolute Gasteiger partial charge is 0.489 e. The van der Waals surface area contributed by atoms with Crippen LogP contribution in [-0.4, -0.2) is 35.4 Å². The summed E-state index contributed by atoms with van der Waals surface area (Å²) in [6.45, 7) is 1.75. The van der Waals surface area contributed by atoms with E-state index in [1.807, 2.05) is 0 Å². The average molecular weight is 290 g/mol. The van der Waals surface area contributed by atoms with Crippen LogP contribution < -0.4 is 4.74 Å². The number of nitrogens with zero attached hydrogens (tertiary/aromatic N) is 1. The zero-order valence-electron chi connectivity index (χ0n) is 8.72. The second-order valence-electron chi connectivity index (χ2n) is 2.90. The molecule has 1 rings (SSSR count). The summed E-state index contributed by atoms with van der Waals surface area (Å²) < 4.78 is 10.5. The van der Waals surface area contributed by atoms with Crippen LogP contribution in [0.2, 0.25) is 0 Å². The molecule has 0 saturated heterocycles. The molecule has 16 heavy (non-hydrogen) atoms. The minimum atomic E-state index is -1.27. The molecule has 0 spiro atoms. The van der Waals surface area contributed by atoms with Crippen LogP contribution in [-0.2, 0) is 9.53 Å². The molecule has 0 radical (unpaired) electrons. The minimum absolute atomic E-state index is 0.151. The third kappa shape index (κ3) is 4.16. The van der Waals surface area contributed by atoms with Crippen LogP contribution in [0.15, 0.2) is 22.9 Å². The highest BCUT2D eigenvalue weighted by atomic mass is 79.9. The molecule has 5 nitrogen and oxygen atoms in total. The smallest absolute Gasteiger partial charge is 0.338 e. The van der Waals surface area contributed by atoms with Crippen molar-refractivity contribution in [2.75, 3.05) is 13.2 Å². The van der Waals surface area contributed by atoms with Crippen molar-refractivity contribution in [2.24, 2.45) is 0 Å². The van der Waals surface area contributed by atoms with Crippen LogP contribution in [0.5, 0.6) is 5.75 Å². The molecule has 0 fully saturated rings. The zero-order valence-corrected chi connectivity index (χ0v) is 10.3. The van der Waals surface area contributed by atoms with Gasteiger partial charge in [0.25, 0.3) is 0 Å². The first-order chi connectivity index (χ1) is 7.63. The Morgan fingerprint density at radius 1 is 1.62 bits per heavy atom. The molecule has 0 unspecified atom stereocenters. The second kappa shape index (κ2) is 6.44. The van der Waals surface area contributed by atoms with Crippen LogP contribution >= 0.6 is 15.9 Å². The van der Waals surface area contributed by atoms with Gasteiger partial charge in [-0.15, -0.1) is 0 Å². The number of pyridine rings is 1. The Labute approximate surface area is 102 Å². The van der Waals surface area contributed by atoms with E-state index in [1.54, 1.807) is 19.1 Å². The number of carbonyl (C=O) groups excluding carboxylic acids is 1. The molecule has 1 aromatic heterocycles. The lowest BCUT2D eigenvalue weighted by molar-refractivity contribution is -0.154. The van der Waals surface area contributed by atoms with Gasteiger partial charge in [0.15, 0.2) is 6.10 Å². The third-order valence-electron chi connectivity index (χ3n) is 1.67. The summed E-state index contributed by atoms with van der Waals surface area (Å²) >= 11 is 3.18. The van der Waals surface area contributed by atoms with Crippen molar-refractivity contribution >= 4 is 21.9 Å². The van der Waals surface area contributed by atoms with Gasteiger partial charge in [0.2, 0.25) is 0 Å². The first-order valence-corrected chi connectivity index (χ1v) is 5.52. The fraction of sp³-hybridized carbons (Fsp3) is 0.400. The van der Waals surface area contributed by atoms with E-state index in [1.165, 1.54) is 6.20 Å². The SMILES string of the molecule is CCOC(=O)[C@H](O)COc1ccc(Br)nc1. The maximum absolute atomic E-state index is 11.0. The zero-order chi connectivity index (χ0) is 12.0. The summed E-state index contributed by atoms with van der Waals surface area (Å²) in [4.78, 5) is 15.0. The van der Waals surface area contributed by atoms with Gasteiger partial charge in [-0.05, 0) is 35.0 Å². The van der Waals surface area contributed by atoms with Gasteiger partial charge in [0, 0.05) is 0 Å². The van der Waals surface area contributed by atoms with Crippen molar-refractivity contribution in [1.82, 2.24) is 4.98 Å². The van der Waals surface area contributed by atoms with Crippen LogP contribution in [0.25, 0.3) is 0 Å². The van der Waals surface area contributed by atoms with Gasteiger partial charge in [-0.25, -0.2) is 9.78 Å². The molecule has 88 valence electrons. The van der Waals surface area contributed by atoms with E-state index >= 15 is 0 Å². The van der Waals surface area contributed by atoms with Crippen LogP contribution in [0, 0.1) is 0 Å². The van der Waals surface area contributed by atoms with Crippen molar-refractivity contribution < 1.29 is 19.4 Å². The summed E-state index contributed by atoms with van der Waals surface area (Å²) in [7, 11) is 0. The number of esters is 1. The van der Waals surface area contributed by atoms with Crippen LogP contribution in [0.1, 0.15) is 6.92 Å². The van der Waals surface area contributed by atoms with E-state index in [2.05, 4.69) is 25.7 Å². The van der Waals surface area contributed by atoms with E-state index in [4.69, 9.17) is 4.74 Å². The number of ether oxygens (including phenoxy) is 2. The first-order valence-electron chi connectivity index (χ1n) is 4.72. The predicted octanol–water partition coefficient (Wildman–Crippen LogP) is 1.15. The Morgan fingerprint density at radius 3 is 2.94 bits per heavy atom. The second-order valence-corrected chi connectivity index (χ2v) is 3.71. The molecular weight excluding hydrogens is 278 g/mol. The molecule has 6 heteroatoms. The Hall–Kier alpha value is -1.14. The van der Waals surface area contributed by atoms with E-state index in [-0.39, 0.29) is 13.2 Å². The number of carbonyl (C=O) groups is 1. The van der Waals surface area contributed by atoms with Gasteiger partial charge in [0.05, 0.1) is 12.8 Å². The molecule has 0 bridgehead atoms. The number of aliphatic hydroxyl groups excluding tert-OH is 1. The van der Waals surface area contributed by atoms with E-state index in [0.29, 0.717) is 10.4 Å². The highest BCUT2D eigenvalue weighted by Crippen LogP contribution is 2.12. The van der Waals surface area contributed by atoms with Gasteiger partial charge in [-0.3, -0.25) is 0 Å². The topological polar surface area (TPSA) is 68.7 Å². The van der Waals surface area contributed by atoms with Gasteiger partial charge in [0.1, 0.15) is 17.0 Å². The van der Waals surface area contributed by atoms with Crippen molar-refractivity contribution in [2.45, 2.75) is 13.0 Å². The van der Waals surface area contributed by atoms with Crippen LogP contribution in [0.4, 0.5) is 0 Å². The predicted molar refractivity (Wildman–Crippen MR) is 60.1 cm³/mol. The summed E-state index contributed by atoms with van der Waals surface area (Å²) in [5.41, 5.74) is 0. The molecular formula is C10H12BrNO4. The number of hydrogen-bond acceptors (Lipinski definition) is 5. The molecule has 1 N–H and O–H groups in total. The summed E-state index contributed by atoms with van der Waals surface area (Å²) in [5, 5.41) is 9.34. The number of rotatable bonds is 5. The summed E-state index contributed by atoms with van der Waals surface area (Å²) in [6, 6.07) is 3.38. The molecule has 0 amide bonds. The van der Waals surface area contributed by atoms with Crippen LogP contribution in [0.3, 0.4) is 0 Å². The molecule has 0 saturated carbocycles. The van der Waals surface area contributed by atoms with Crippen molar-refractivity contribution in [3.05, 3.63) is 22.9 Å². The molecule has 0 aliphatic rings. The Bertz CT molecular complexity index is 341. The first kappa shape index (κ1) is 12.9. The number of hydrogen-bond donors (Lipinski definition) is 1. The van der Waals surface area contributed by atoms with E-state index < -0.39 is 12.1 Å². The fourth-order valence-corrected chi connectivity index (χ4v) is 1.16. The standard InChI is InChI=1S/C10H12BrNO4/c1-2-15-10(14)8(13)6-16-7-3-4-9(11)12-5-7/h3-5,8,13H,2,6H2,1H3/t8-/m1/s1. The van der Waals surface area contributed by atoms with Gasteiger partial charge >= 0.3 is 5.97 Å². The lowest BCUT2D eigenvalue weighted by Crippen LogP contribution is -2.29. The summed E-state index contributed by atoms with van der Waals surface area (Å²) in [6.07, 6.45) is 0.214. The molecule has 1 heterocycles. The molecule has 0 aliphatic heterocycles. The normalized spacial score (nSPS) is 11.9. The Kier molecular flexibility index (Phi) is 5.21. The maximum Gasteiger partial charge on any atom is 0.338 e. The van der Waals surface area contributed by atoms with Gasteiger partial charge < -0.3 is 14.6 Å². The van der Waals surface area contributed by atoms with E-state index in [9.17, 15) is 9.90 Å². The quantitative estimate of drug-likeness (QED) is 0.650. The molecule has 1 atom stereocenters. The van der Waals surface area contributed by atoms with Gasteiger partial charge in [-0.2, -0.15) is 0 Å². The summed E-state index contributed by atoms with van der Waals surface area (Å²) in [5.74, 6) is -0.209. The van der Waals surface area contributed by atoms with Gasteiger partial charge in [-0.1, -0.05) is 0 Å². The fourth-order valence-electron chi connectivity index (χ4n) is 0.929.